The van der Waals surface area contributed by atoms with Crippen molar-refractivity contribution in [3.63, 3.8) is 0 Å². The summed E-state index contributed by atoms with van der Waals surface area (Å²) in [7, 11) is -3.47. The SMILES string of the molecule is Cc1ccc(Cl)cc1N(CCCC(=O)N1CCc2ccccc2C1)S(C)(=O)=O. The molecule has 0 bridgehead atoms. The van der Waals surface area contributed by atoms with Crippen molar-refractivity contribution in [1.82, 2.24) is 4.90 Å². The number of carbonyl (C=O) groups is 1. The average molecular weight is 421 g/mol. The Bertz CT molecular complexity index is 975. The number of aryl methyl sites for hydroxylation is 1. The van der Waals surface area contributed by atoms with Gasteiger partial charge in [0.05, 0.1) is 11.9 Å². The van der Waals surface area contributed by atoms with Crippen LogP contribution >= 0.6 is 11.6 Å². The average Bonchev–Trinajstić information content (AvgIpc) is 2.66. The summed E-state index contributed by atoms with van der Waals surface area (Å²) >= 11 is 6.06. The van der Waals surface area contributed by atoms with Crippen LogP contribution in [0, 0.1) is 6.92 Å². The quantitative estimate of drug-likeness (QED) is 0.714. The van der Waals surface area contributed by atoms with Crippen LogP contribution in [-0.2, 0) is 27.8 Å². The molecule has 0 unspecified atom stereocenters. The second kappa shape index (κ2) is 8.53. The third kappa shape index (κ3) is 4.86. The van der Waals surface area contributed by atoms with Gasteiger partial charge in [-0.25, -0.2) is 8.42 Å². The van der Waals surface area contributed by atoms with Crippen LogP contribution in [0.1, 0.15) is 29.5 Å². The van der Waals surface area contributed by atoms with Crippen LogP contribution in [0.2, 0.25) is 5.02 Å². The first-order chi connectivity index (χ1) is 13.3. The van der Waals surface area contributed by atoms with Gasteiger partial charge >= 0.3 is 0 Å². The van der Waals surface area contributed by atoms with Gasteiger partial charge in [0.15, 0.2) is 0 Å². The van der Waals surface area contributed by atoms with Crippen LogP contribution in [0.15, 0.2) is 42.5 Å². The Balaban J connectivity index is 1.63. The van der Waals surface area contributed by atoms with E-state index in [2.05, 4.69) is 12.1 Å². The normalized spacial score (nSPS) is 13.9. The summed E-state index contributed by atoms with van der Waals surface area (Å²) in [5.74, 6) is 0.0609. The number of nitrogens with zero attached hydrogens (tertiary/aromatic N) is 2. The highest BCUT2D eigenvalue weighted by molar-refractivity contribution is 7.92. The molecule has 0 radical (unpaired) electrons. The van der Waals surface area contributed by atoms with Gasteiger partial charge in [-0.2, -0.15) is 0 Å². The molecule has 3 rings (SSSR count). The fourth-order valence-corrected chi connectivity index (χ4v) is 4.74. The van der Waals surface area contributed by atoms with Crippen LogP contribution in [0.25, 0.3) is 0 Å². The van der Waals surface area contributed by atoms with Crippen LogP contribution in [0.3, 0.4) is 0 Å². The Kier molecular flexibility index (Phi) is 6.30. The number of hydrogen-bond acceptors (Lipinski definition) is 3. The van der Waals surface area contributed by atoms with Gasteiger partial charge in [0, 0.05) is 31.1 Å². The minimum absolute atomic E-state index is 0.0609. The van der Waals surface area contributed by atoms with E-state index in [4.69, 9.17) is 11.6 Å². The molecule has 0 N–H and O–H groups in total. The van der Waals surface area contributed by atoms with E-state index in [1.807, 2.05) is 24.0 Å². The lowest BCUT2D eigenvalue weighted by Gasteiger charge is -2.29. The van der Waals surface area contributed by atoms with E-state index in [0.717, 1.165) is 12.0 Å². The highest BCUT2D eigenvalue weighted by atomic mass is 35.5. The van der Waals surface area contributed by atoms with Crippen molar-refractivity contribution in [3.8, 4) is 0 Å². The number of rotatable bonds is 6. The Morgan fingerprint density at radius 2 is 1.89 bits per heavy atom. The van der Waals surface area contributed by atoms with Crippen LogP contribution < -0.4 is 4.31 Å². The molecule has 7 heteroatoms. The van der Waals surface area contributed by atoms with Crippen molar-refractivity contribution in [3.05, 3.63) is 64.2 Å². The van der Waals surface area contributed by atoms with Crippen molar-refractivity contribution in [1.29, 1.82) is 0 Å². The summed E-state index contributed by atoms with van der Waals surface area (Å²) < 4.78 is 25.9. The molecule has 2 aromatic carbocycles. The number of benzene rings is 2. The van der Waals surface area contributed by atoms with E-state index in [1.165, 1.54) is 21.7 Å². The third-order valence-electron chi connectivity index (χ3n) is 5.08. The van der Waals surface area contributed by atoms with Gasteiger partial charge in [-0.3, -0.25) is 9.10 Å². The summed E-state index contributed by atoms with van der Waals surface area (Å²) in [4.78, 5) is 14.5. The summed E-state index contributed by atoms with van der Waals surface area (Å²) in [6, 6.07) is 13.4. The molecule has 0 saturated carbocycles. The zero-order valence-electron chi connectivity index (χ0n) is 16.2. The summed E-state index contributed by atoms with van der Waals surface area (Å²) in [6.07, 6.45) is 2.81. The lowest BCUT2D eigenvalue weighted by atomic mass is 9.99. The number of halogens is 1. The second-order valence-electron chi connectivity index (χ2n) is 7.20. The number of amides is 1. The molecule has 1 aliphatic rings. The Labute approximate surface area is 172 Å². The first-order valence-electron chi connectivity index (χ1n) is 9.34. The minimum atomic E-state index is -3.47. The molecule has 5 nitrogen and oxygen atoms in total. The van der Waals surface area contributed by atoms with Gasteiger partial charge in [-0.1, -0.05) is 41.9 Å². The molecule has 28 heavy (non-hydrogen) atoms. The van der Waals surface area contributed by atoms with Crippen molar-refractivity contribution < 1.29 is 13.2 Å². The minimum Gasteiger partial charge on any atom is -0.338 e. The highest BCUT2D eigenvalue weighted by Crippen LogP contribution is 2.27. The van der Waals surface area contributed by atoms with Gasteiger partial charge in [0.2, 0.25) is 15.9 Å². The summed E-state index contributed by atoms with van der Waals surface area (Å²) in [5, 5.41) is 0.484. The molecule has 1 aliphatic heterocycles. The van der Waals surface area contributed by atoms with Crippen molar-refractivity contribution in [2.75, 3.05) is 23.7 Å². The zero-order chi connectivity index (χ0) is 20.3. The molecule has 1 amide bonds. The molecule has 2 aromatic rings. The van der Waals surface area contributed by atoms with E-state index >= 15 is 0 Å². The number of hydrogen-bond donors (Lipinski definition) is 0. The Hall–Kier alpha value is -2.05. The molecule has 0 aromatic heterocycles. The molecule has 1 heterocycles. The summed E-state index contributed by atoms with van der Waals surface area (Å²) in [5.41, 5.74) is 3.88. The Morgan fingerprint density at radius 1 is 1.18 bits per heavy atom. The molecule has 0 spiro atoms. The van der Waals surface area contributed by atoms with E-state index in [0.29, 0.717) is 36.6 Å². The fourth-order valence-electron chi connectivity index (χ4n) is 3.56. The van der Waals surface area contributed by atoms with Crippen LogP contribution in [0.4, 0.5) is 5.69 Å². The number of carbonyl (C=O) groups excluding carboxylic acids is 1. The third-order valence-corrected chi connectivity index (χ3v) is 6.49. The number of sulfonamides is 1. The molecule has 0 atom stereocenters. The standard InChI is InChI=1S/C21H25ClN2O3S/c1-16-9-10-19(22)14-20(16)24(28(2,26)27)12-5-8-21(25)23-13-11-17-6-3-4-7-18(17)15-23/h3-4,6-7,9-10,14H,5,8,11-13,15H2,1-2H3. The van der Waals surface area contributed by atoms with Crippen molar-refractivity contribution in [2.24, 2.45) is 0 Å². The van der Waals surface area contributed by atoms with Gasteiger partial charge in [0.25, 0.3) is 0 Å². The predicted octanol–water partition coefficient (Wildman–Crippen LogP) is 3.78. The number of fused-ring (bicyclic) bond motifs is 1. The first-order valence-corrected chi connectivity index (χ1v) is 11.6. The van der Waals surface area contributed by atoms with Gasteiger partial charge in [-0.15, -0.1) is 0 Å². The first kappa shape index (κ1) is 20.7. The highest BCUT2D eigenvalue weighted by Gasteiger charge is 2.22. The molecular weight excluding hydrogens is 396 g/mol. The molecule has 0 aliphatic carbocycles. The van der Waals surface area contributed by atoms with Gasteiger partial charge in [-0.05, 0) is 48.6 Å². The Morgan fingerprint density at radius 3 is 2.61 bits per heavy atom. The van der Waals surface area contributed by atoms with Crippen molar-refractivity contribution >= 4 is 33.2 Å². The monoisotopic (exact) mass is 420 g/mol. The molecule has 0 saturated heterocycles. The summed E-state index contributed by atoms with van der Waals surface area (Å²) in [6.45, 7) is 3.42. The number of anilines is 1. The van der Waals surface area contributed by atoms with Crippen molar-refractivity contribution in [2.45, 2.75) is 32.7 Å². The zero-order valence-corrected chi connectivity index (χ0v) is 17.8. The van der Waals surface area contributed by atoms with E-state index in [-0.39, 0.29) is 12.5 Å². The molecule has 150 valence electrons. The predicted molar refractivity (Wildman–Crippen MR) is 113 cm³/mol. The second-order valence-corrected chi connectivity index (χ2v) is 9.55. The maximum Gasteiger partial charge on any atom is 0.232 e. The molecular formula is C21H25ClN2O3S. The van der Waals surface area contributed by atoms with E-state index in [9.17, 15) is 13.2 Å². The maximum absolute atomic E-state index is 12.6. The van der Waals surface area contributed by atoms with Crippen LogP contribution in [0.5, 0.6) is 0 Å². The van der Waals surface area contributed by atoms with E-state index < -0.39 is 10.0 Å². The maximum atomic E-state index is 12.6. The lowest BCUT2D eigenvalue weighted by Crippen LogP contribution is -2.37. The smallest absolute Gasteiger partial charge is 0.232 e. The van der Waals surface area contributed by atoms with Crippen LogP contribution in [-0.4, -0.2) is 38.6 Å². The lowest BCUT2D eigenvalue weighted by molar-refractivity contribution is -0.132. The molecule has 0 fully saturated rings. The van der Waals surface area contributed by atoms with Gasteiger partial charge in [0.1, 0.15) is 0 Å². The topological polar surface area (TPSA) is 57.7 Å². The van der Waals surface area contributed by atoms with Gasteiger partial charge < -0.3 is 4.90 Å². The van der Waals surface area contributed by atoms with E-state index in [1.54, 1.807) is 18.2 Å². The fraction of sp³-hybridized carbons (Fsp3) is 0.381. The largest absolute Gasteiger partial charge is 0.338 e.